The summed E-state index contributed by atoms with van der Waals surface area (Å²) in [6.07, 6.45) is -0.185. The first-order valence-electron chi connectivity index (χ1n) is 10.1. The molecule has 0 fully saturated rings. The lowest BCUT2D eigenvalue weighted by Crippen LogP contribution is -2.59. The number of nitrogens with two attached hydrogens (primary N) is 1. The Morgan fingerprint density at radius 1 is 0.903 bits per heavy atom. The Balaban J connectivity index is 5.43. The van der Waals surface area contributed by atoms with Crippen LogP contribution in [0.4, 0.5) is 0 Å². The number of hydrogen-bond acceptors (Lipinski definition) is 7. The van der Waals surface area contributed by atoms with Crippen LogP contribution in [0.1, 0.15) is 47.0 Å². The van der Waals surface area contributed by atoms with Gasteiger partial charge in [0.2, 0.25) is 17.7 Å². The van der Waals surface area contributed by atoms with Crippen LogP contribution in [0.25, 0.3) is 0 Å². The molecule has 0 spiro atoms. The molecule has 7 N–H and O–H groups in total. The van der Waals surface area contributed by atoms with E-state index in [1.165, 1.54) is 0 Å². The number of amides is 3. The molecular formula is C19H34N4O7S. The van der Waals surface area contributed by atoms with Gasteiger partial charge in [-0.15, -0.1) is 0 Å². The van der Waals surface area contributed by atoms with Crippen molar-refractivity contribution in [1.29, 1.82) is 0 Å². The van der Waals surface area contributed by atoms with Crippen molar-refractivity contribution in [3.05, 3.63) is 0 Å². The Morgan fingerprint density at radius 3 is 1.84 bits per heavy atom. The molecule has 178 valence electrons. The molecule has 0 aliphatic rings. The van der Waals surface area contributed by atoms with E-state index >= 15 is 0 Å². The standard InChI is InChI=1S/C19H34N4O7S/c1-5-10(4)15(23-16(26)11(20)8-31)18(28)22-14(9(2)3)17(27)21-12(19(29)30)6-7-13(24)25/h9-12,14-15,31H,5-8,20H2,1-4H3,(H,21,27)(H,22,28)(H,23,26)(H,24,25)(H,29,30). The SMILES string of the molecule is CCC(C)C(NC(=O)C(N)CS)C(=O)NC(C(=O)NC(CCC(=O)O)C(=O)O)C(C)C. The van der Waals surface area contributed by atoms with Crippen LogP contribution < -0.4 is 21.7 Å². The summed E-state index contributed by atoms with van der Waals surface area (Å²) in [4.78, 5) is 59.8. The maximum Gasteiger partial charge on any atom is 0.326 e. The zero-order valence-electron chi connectivity index (χ0n) is 18.3. The molecule has 0 aliphatic heterocycles. The summed E-state index contributed by atoms with van der Waals surface area (Å²) in [7, 11) is 0. The van der Waals surface area contributed by atoms with Crippen LogP contribution in [0, 0.1) is 11.8 Å². The molecule has 5 atom stereocenters. The van der Waals surface area contributed by atoms with E-state index in [-0.39, 0.29) is 18.1 Å². The minimum atomic E-state index is -1.42. The number of aliphatic carboxylic acids is 2. The van der Waals surface area contributed by atoms with E-state index in [0.29, 0.717) is 6.42 Å². The number of rotatable bonds is 14. The normalized spacial score (nSPS) is 15.8. The monoisotopic (exact) mass is 462 g/mol. The molecule has 31 heavy (non-hydrogen) atoms. The predicted octanol–water partition coefficient (Wildman–Crippen LogP) is -0.651. The quantitative estimate of drug-likeness (QED) is 0.166. The molecule has 0 radical (unpaired) electrons. The Kier molecular flexibility index (Phi) is 12.8. The fraction of sp³-hybridized carbons (Fsp3) is 0.737. The molecule has 12 heteroatoms. The number of carbonyl (C=O) groups is 5. The molecule has 0 aromatic rings. The van der Waals surface area contributed by atoms with Crippen LogP contribution in [0.5, 0.6) is 0 Å². The third kappa shape index (κ3) is 10.0. The molecule has 0 bridgehead atoms. The van der Waals surface area contributed by atoms with E-state index in [1.54, 1.807) is 20.8 Å². The van der Waals surface area contributed by atoms with Crippen molar-refractivity contribution in [2.45, 2.75) is 71.1 Å². The van der Waals surface area contributed by atoms with Crippen molar-refractivity contribution in [2.24, 2.45) is 17.6 Å². The molecule has 11 nitrogen and oxygen atoms in total. The van der Waals surface area contributed by atoms with E-state index in [1.807, 2.05) is 6.92 Å². The fourth-order valence-electron chi connectivity index (χ4n) is 2.61. The third-order valence-corrected chi connectivity index (χ3v) is 5.23. The topological polar surface area (TPSA) is 188 Å². The lowest BCUT2D eigenvalue weighted by Gasteiger charge is -2.29. The molecular weight excluding hydrogens is 428 g/mol. The second kappa shape index (κ2) is 13.9. The average Bonchev–Trinajstić information content (AvgIpc) is 2.70. The zero-order valence-corrected chi connectivity index (χ0v) is 19.1. The molecule has 0 aliphatic carbocycles. The summed E-state index contributed by atoms with van der Waals surface area (Å²) >= 11 is 3.97. The Bertz CT molecular complexity index is 659. The molecule has 0 saturated heterocycles. The lowest BCUT2D eigenvalue weighted by atomic mass is 9.96. The molecule has 0 aromatic carbocycles. The number of carboxylic acids is 2. The highest BCUT2D eigenvalue weighted by Crippen LogP contribution is 2.11. The van der Waals surface area contributed by atoms with Gasteiger partial charge in [0.05, 0.1) is 6.04 Å². The van der Waals surface area contributed by atoms with E-state index in [2.05, 4.69) is 28.6 Å². The summed E-state index contributed by atoms with van der Waals surface area (Å²) in [5.41, 5.74) is 5.66. The molecule has 0 aromatic heterocycles. The van der Waals surface area contributed by atoms with Gasteiger partial charge in [0.1, 0.15) is 18.1 Å². The van der Waals surface area contributed by atoms with Gasteiger partial charge in [0.15, 0.2) is 0 Å². The van der Waals surface area contributed by atoms with Crippen molar-refractivity contribution in [3.8, 4) is 0 Å². The van der Waals surface area contributed by atoms with Gasteiger partial charge in [-0.1, -0.05) is 34.1 Å². The molecule has 5 unspecified atom stereocenters. The van der Waals surface area contributed by atoms with Crippen molar-refractivity contribution < 1.29 is 34.2 Å². The van der Waals surface area contributed by atoms with Crippen LogP contribution in [-0.4, -0.2) is 69.8 Å². The number of thiol groups is 1. The van der Waals surface area contributed by atoms with E-state index in [4.69, 9.17) is 10.8 Å². The van der Waals surface area contributed by atoms with Gasteiger partial charge in [-0.25, -0.2) is 4.79 Å². The van der Waals surface area contributed by atoms with Crippen LogP contribution in [0.2, 0.25) is 0 Å². The summed E-state index contributed by atoms with van der Waals surface area (Å²) in [5.74, 6) is -5.09. The first kappa shape index (κ1) is 28.7. The van der Waals surface area contributed by atoms with Crippen LogP contribution in [-0.2, 0) is 24.0 Å². The van der Waals surface area contributed by atoms with Gasteiger partial charge in [-0.3, -0.25) is 19.2 Å². The molecule has 0 heterocycles. The zero-order chi connectivity index (χ0) is 24.3. The predicted molar refractivity (Wildman–Crippen MR) is 116 cm³/mol. The Labute approximate surface area is 187 Å². The largest absolute Gasteiger partial charge is 0.481 e. The summed E-state index contributed by atoms with van der Waals surface area (Å²) in [6, 6.07) is -4.38. The maximum absolute atomic E-state index is 12.9. The second-order valence-electron chi connectivity index (χ2n) is 7.72. The molecule has 0 saturated carbocycles. The second-order valence-corrected chi connectivity index (χ2v) is 8.09. The maximum atomic E-state index is 12.9. The van der Waals surface area contributed by atoms with Gasteiger partial charge >= 0.3 is 11.9 Å². The third-order valence-electron chi connectivity index (χ3n) is 4.84. The number of carboxylic acid groups (broad SMARTS) is 2. The first-order chi connectivity index (χ1) is 14.3. The molecule has 3 amide bonds. The highest BCUT2D eigenvalue weighted by Gasteiger charge is 2.33. The number of nitrogens with one attached hydrogen (secondary N) is 3. The Morgan fingerprint density at radius 2 is 1.42 bits per heavy atom. The van der Waals surface area contributed by atoms with E-state index in [9.17, 15) is 29.1 Å². The smallest absolute Gasteiger partial charge is 0.326 e. The van der Waals surface area contributed by atoms with Gasteiger partial charge < -0.3 is 31.9 Å². The minimum absolute atomic E-state index is 0.0879. The summed E-state index contributed by atoms with van der Waals surface area (Å²) in [5, 5.41) is 25.4. The minimum Gasteiger partial charge on any atom is -0.481 e. The summed E-state index contributed by atoms with van der Waals surface area (Å²) < 4.78 is 0. The van der Waals surface area contributed by atoms with E-state index in [0.717, 1.165) is 0 Å². The highest BCUT2D eigenvalue weighted by atomic mass is 32.1. The van der Waals surface area contributed by atoms with Crippen LogP contribution in [0.3, 0.4) is 0 Å². The van der Waals surface area contributed by atoms with Gasteiger partial charge in [-0.05, 0) is 18.3 Å². The van der Waals surface area contributed by atoms with Gasteiger partial charge in [0, 0.05) is 12.2 Å². The number of carbonyl (C=O) groups excluding carboxylic acids is 3. The average molecular weight is 463 g/mol. The van der Waals surface area contributed by atoms with Gasteiger partial charge in [-0.2, -0.15) is 12.6 Å². The van der Waals surface area contributed by atoms with Crippen molar-refractivity contribution >= 4 is 42.3 Å². The van der Waals surface area contributed by atoms with Crippen molar-refractivity contribution in [2.75, 3.05) is 5.75 Å². The van der Waals surface area contributed by atoms with Crippen molar-refractivity contribution in [3.63, 3.8) is 0 Å². The first-order valence-corrected chi connectivity index (χ1v) is 10.7. The van der Waals surface area contributed by atoms with Crippen LogP contribution in [0.15, 0.2) is 0 Å². The number of hydrogen-bond donors (Lipinski definition) is 7. The highest BCUT2D eigenvalue weighted by molar-refractivity contribution is 7.80. The van der Waals surface area contributed by atoms with Crippen LogP contribution >= 0.6 is 12.6 Å². The van der Waals surface area contributed by atoms with Crippen molar-refractivity contribution in [1.82, 2.24) is 16.0 Å². The van der Waals surface area contributed by atoms with Gasteiger partial charge in [0.25, 0.3) is 0 Å². The van der Waals surface area contributed by atoms with E-state index < -0.39 is 66.2 Å². The molecule has 0 rings (SSSR count). The fourth-order valence-corrected chi connectivity index (χ4v) is 2.78. The Hall–Kier alpha value is -2.34. The summed E-state index contributed by atoms with van der Waals surface area (Å²) in [6.45, 7) is 6.91. The lowest BCUT2D eigenvalue weighted by molar-refractivity contribution is -0.143.